The molecular weight excluding hydrogens is 185 g/mol. The minimum Gasteiger partial charge on any atom is -0.385 e. The molecule has 0 heterocycles. The van der Waals surface area contributed by atoms with E-state index < -0.39 is 0 Å². The number of thiocarbonyl (C=S) groups is 1. The minimum absolute atomic E-state index is 0. The smallest absolute Gasteiger partial charge is 0.131 e. The van der Waals surface area contributed by atoms with Gasteiger partial charge in [-0.2, -0.15) is 0 Å². The van der Waals surface area contributed by atoms with Gasteiger partial charge in [-0.15, -0.1) is 0 Å². The summed E-state index contributed by atoms with van der Waals surface area (Å²) in [4.78, 5) is 0. The Morgan fingerprint density at radius 1 is 1.27 bits per heavy atom. The van der Waals surface area contributed by atoms with Crippen LogP contribution in [0.2, 0.25) is 0 Å². The summed E-state index contributed by atoms with van der Waals surface area (Å²) < 4.78 is 0.617. The molecule has 0 aromatic rings. The third-order valence-corrected chi connectivity index (χ3v) is 3.16. The summed E-state index contributed by atoms with van der Waals surface area (Å²) in [7, 11) is 0. The molecule has 0 amide bonds. The van der Waals surface area contributed by atoms with Gasteiger partial charge in [0.25, 0.3) is 0 Å². The van der Waals surface area contributed by atoms with Crippen LogP contribution in [0.3, 0.4) is 0 Å². The second-order valence-electron chi connectivity index (χ2n) is 2.70. The Labute approximate surface area is 100 Å². The van der Waals surface area contributed by atoms with Gasteiger partial charge in [-0.1, -0.05) is 43.2 Å². The van der Waals surface area contributed by atoms with E-state index in [1.807, 2.05) is 0 Å². The zero-order valence-corrected chi connectivity index (χ0v) is 10.6. The van der Waals surface area contributed by atoms with E-state index in [0.29, 0.717) is 4.32 Å². The third-order valence-electron chi connectivity index (χ3n) is 1.84. The van der Waals surface area contributed by atoms with E-state index in [1.165, 1.54) is 32.1 Å². The Bertz CT molecular complexity index is 124. The number of rotatable bonds is 1. The van der Waals surface area contributed by atoms with Gasteiger partial charge in [0.1, 0.15) is 4.32 Å². The fourth-order valence-electron chi connectivity index (χ4n) is 1.35. The van der Waals surface area contributed by atoms with E-state index in [0.717, 1.165) is 5.25 Å². The Morgan fingerprint density at radius 3 is 2.27 bits per heavy atom. The molecule has 0 aliphatic heterocycles. The van der Waals surface area contributed by atoms with Crippen molar-refractivity contribution in [1.82, 2.24) is 0 Å². The van der Waals surface area contributed by atoms with Crippen LogP contribution in [-0.4, -0.2) is 39.1 Å². The summed E-state index contributed by atoms with van der Waals surface area (Å²) in [5, 5.41) is 0.728. The van der Waals surface area contributed by atoms with Gasteiger partial charge < -0.3 is 5.73 Å². The van der Waals surface area contributed by atoms with Gasteiger partial charge in [-0.05, 0) is 12.8 Å². The van der Waals surface area contributed by atoms with E-state index in [2.05, 4.69) is 0 Å². The first kappa shape index (κ1) is 12.2. The number of hydrogen-bond acceptors (Lipinski definition) is 2. The molecule has 4 heteroatoms. The van der Waals surface area contributed by atoms with Crippen LogP contribution in [0.15, 0.2) is 0 Å². The number of thioether (sulfide) groups is 1. The molecule has 2 N–H and O–H groups in total. The molecule has 0 saturated heterocycles. The van der Waals surface area contributed by atoms with Crippen LogP contribution in [0, 0.1) is 0 Å². The first-order valence-corrected chi connectivity index (χ1v) is 5.04. The molecule has 1 aliphatic carbocycles. The van der Waals surface area contributed by atoms with Crippen molar-refractivity contribution in [3.8, 4) is 0 Å². The van der Waals surface area contributed by atoms with Crippen LogP contribution < -0.4 is 5.73 Å². The van der Waals surface area contributed by atoms with Crippen LogP contribution in [0.5, 0.6) is 0 Å². The first-order chi connectivity index (χ1) is 4.79. The first-order valence-electron chi connectivity index (χ1n) is 3.75. The van der Waals surface area contributed by atoms with Gasteiger partial charge in [0.2, 0.25) is 0 Å². The maximum atomic E-state index is 5.42. The average Bonchev–Trinajstić information content (AvgIpc) is 1.88. The van der Waals surface area contributed by atoms with Gasteiger partial charge in [0.15, 0.2) is 0 Å². The number of nitrogens with two attached hydrogens (primary N) is 1. The van der Waals surface area contributed by atoms with Crippen molar-refractivity contribution < 1.29 is 0 Å². The van der Waals surface area contributed by atoms with Crippen LogP contribution in [0.25, 0.3) is 0 Å². The summed E-state index contributed by atoms with van der Waals surface area (Å²) in [5.74, 6) is 0. The van der Waals surface area contributed by atoms with E-state index >= 15 is 0 Å². The molecule has 1 nitrogen and oxygen atoms in total. The van der Waals surface area contributed by atoms with Crippen molar-refractivity contribution in [1.29, 1.82) is 0 Å². The van der Waals surface area contributed by atoms with E-state index in [9.17, 15) is 0 Å². The molecule has 0 bridgehead atoms. The predicted octanol–water partition coefficient (Wildman–Crippen LogP) is 1.92. The molecule has 59 valence electrons. The van der Waals surface area contributed by atoms with Crippen LogP contribution >= 0.6 is 24.0 Å². The molecule has 1 radical (unpaired) electrons. The molecular formula is C7H13NNaS2. The van der Waals surface area contributed by atoms with Crippen molar-refractivity contribution in [2.75, 3.05) is 0 Å². The van der Waals surface area contributed by atoms with Crippen molar-refractivity contribution >= 4 is 57.9 Å². The van der Waals surface area contributed by atoms with Crippen molar-refractivity contribution in [3.05, 3.63) is 0 Å². The van der Waals surface area contributed by atoms with Crippen LogP contribution in [0.4, 0.5) is 0 Å². The van der Waals surface area contributed by atoms with Gasteiger partial charge in [-0.3, -0.25) is 0 Å². The monoisotopic (exact) mass is 198 g/mol. The molecule has 1 rings (SSSR count). The minimum atomic E-state index is 0. The third kappa shape index (κ3) is 5.47. The Kier molecular flexibility index (Phi) is 7.48. The second-order valence-corrected chi connectivity index (χ2v) is 4.74. The van der Waals surface area contributed by atoms with Crippen LogP contribution in [-0.2, 0) is 0 Å². The molecule has 0 aromatic carbocycles. The predicted molar refractivity (Wildman–Crippen MR) is 57.0 cm³/mol. The van der Waals surface area contributed by atoms with Gasteiger partial charge in [0.05, 0.1) is 0 Å². The summed E-state index contributed by atoms with van der Waals surface area (Å²) in [5.41, 5.74) is 5.42. The molecule has 1 saturated carbocycles. The molecule has 1 aliphatic rings. The fraction of sp³-hybridized carbons (Fsp3) is 0.857. The van der Waals surface area contributed by atoms with Gasteiger partial charge in [-0.25, -0.2) is 0 Å². The van der Waals surface area contributed by atoms with E-state index in [-0.39, 0.29) is 29.6 Å². The molecule has 1 fully saturated rings. The van der Waals surface area contributed by atoms with Crippen molar-refractivity contribution in [3.63, 3.8) is 0 Å². The summed E-state index contributed by atoms with van der Waals surface area (Å²) >= 11 is 6.50. The van der Waals surface area contributed by atoms with Crippen molar-refractivity contribution in [2.45, 2.75) is 37.4 Å². The summed E-state index contributed by atoms with van der Waals surface area (Å²) in [6.45, 7) is 0. The Balaban J connectivity index is 0.000001000. The Morgan fingerprint density at radius 2 is 1.82 bits per heavy atom. The summed E-state index contributed by atoms with van der Waals surface area (Å²) in [6.07, 6.45) is 6.74. The quantitative estimate of drug-likeness (QED) is 0.515. The zero-order valence-electron chi connectivity index (χ0n) is 7.01. The standard InChI is InChI=1S/C7H13NS2.Na/c8-7(9)10-6-4-2-1-3-5-6;/h6H,1-5H2,(H2,8,9);. The maximum absolute atomic E-state index is 5.42. The largest absolute Gasteiger partial charge is 0.385 e. The number of hydrogen-bond donors (Lipinski definition) is 1. The molecule has 0 aromatic heterocycles. The summed E-state index contributed by atoms with van der Waals surface area (Å²) in [6, 6.07) is 0. The molecule has 11 heavy (non-hydrogen) atoms. The molecule has 0 atom stereocenters. The second kappa shape index (κ2) is 6.72. The SMILES string of the molecule is NC(=S)SC1CCCCC1.[Na]. The van der Waals surface area contributed by atoms with Crippen LogP contribution in [0.1, 0.15) is 32.1 Å². The normalized spacial score (nSPS) is 18.9. The zero-order chi connectivity index (χ0) is 7.40. The van der Waals surface area contributed by atoms with E-state index in [4.69, 9.17) is 18.0 Å². The maximum Gasteiger partial charge on any atom is 0.131 e. The van der Waals surface area contributed by atoms with Gasteiger partial charge in [0, 0.05) is 34.8 Å². The molecule has 0 spiro atoms. The fourth-order valence-corrected chi connectivity index (χ4v) is 2.65. The Hall–Kier alpha value is 1.24. The van der Waals surface area contributed by atoms with Crippen molar-refractivity contribution in [2.24, 2.45) is 5.73 Å². The topological polar surface area (TPSA) is 26.0 Å². The molecule has 0 unspecified atom stereocenters. The average molecular weight is 198 g/mol. The van der Waals surface area contributed by atoms with E-state index in [1.54, 1.807) is 11.8 Å². The van der Waals surface area contributed by atoms with Gasteiger partial charge >= 0.3 is 0 Å².